The maximum Gasteiger partial charge on any atom is 0.257 e. The predicted molar refractivity (Wildman–Crippen MR) is 147 cm³/mol. The molecular weight excluding hydrogens is 525 g/mol. The summed E-state index contributed by atoms with van der Waals surface area (Å²) in [6.07, 6.45) is 3.18. The van der Waals surface area contributed by atoms with E-state index in [2.05, 4.69) is 42.7 Å². The summed E-state index contributed by atoms with van der Waals surface area (Å²) in [4.78, 5) is 21.4. The van der Waals surface area contributed by atoms with Crippen molar-refractivity contribution < 1.29 is 18.7 Å². The Labute approximate surface area is 231 Å². The molecule has 206 valence electrons. The number of benzene rings is 1. The quantitative estimate of drug-likeness (QED) is 0.429. The lowest BCUT2D eigenvalue weighted by Crippen LogP contribution is -2.36. The number of carbonyl (C=O) groups is 1. The van der Waals surface area contributed by atoms with Gasteiger partial charge in [0.1, 0.15) is 23.4 Å². The molecule has 0 radical (unpaired) electrons. The van der Waals surface area contributed by atoms with Crippen LogP contribution in [0.15, 0.2) is 42.6 Å². The molecule has 39 heavy (non-hydrogen) atoms. The van der Waals surface area contributed by atoms with Gasteiger partial charge in [-0.25, -0.2) is 9.37 Å². The fraction of sp³-hybridized carbons (Fsp3) is 0.407. The van der Waals surface area contributed by atoms with Crippen LogP contribution in [0.5, 0.6) is 5.88 Å². The highest BCUT2D eigenvalue weighted by Crippen LogP contribution is 2.33. The van der Waals surface area contributed by atoms with Crippen LogP contribution in [0.1, 0.15) is 12.8 Å². The number of rotatable bonds is 8. The van der Waals surface area contributed by atoms with Crippen molar-refractivity contribution >= 4 is 34.7 Å². The molecule has 0 aliphatic carbocycles. The number of likely N-dealkylation sites (N-methyl/N-ethyl adjacent to an activating group) is 1. The first-order valence-corrected chi connectivity index (χ1v) is 13.3. The molecule has 4 heterocycles. The highest BCUT2D eigenvalue weighted by molar-refractivity contribution is 6.30. The minimum absolute atomic E-state index is 0.126. The molecule has 10 nitrogen and oxygen atoms in total. The van der Waals surface area contributed by atoms with Crippen molar-refractivity contribution in [3.8, 4) is 17.1 Å². The molecule has 1 atom stereocenters. The number of carbonyl (C=O) groups excluding carboxylic acids is 1. The van der Waals surface area contributed by atoms with Gasteiger partial charge in [0.05, 0.1) is 25.5 Å². The molecule has 5 rings (SSSR count). The van der Waals surface area contributed by atoms with Gasteiger partial charge in [-0.05, 0) is 56.9 Å². The monoisotopic (exact) mass is 555 g/mol. The zero-order valence-corrected chi connectivity index (χ0v) is 22.5. The van der Waals surface area contributed by atoms with Gasteiger partial charge < -0.3 is 25.0 Å². The van der Waals surface area contributed by atoms with Crippen molar-refractivity contribution in [3.05, 3.63) is 53.4 Å². The molecule has 2 aliphatic heterocycles. The smallest absolute Gasteiger partial charge is 0.257 e. The van der Waals surface area contributed by atoms with Gasteiger partial charge in [-0.3, -0.25) is 9.69 Å². The largest absolute Gasteiger partial charge is 0.469 e. The van der Waals surface area contributed by atoms with Crippen molar-refractivity contribution in [1.82, 2.24) is 25.0 Å². The number of aromatic nitrogens is 3. The zero-order chi connectivity index (χ0) is 27.2. The molecule has 2 aromatic heterocycles. The highest BCUT2D eigenvalue weighted by atomic mass is 35.5. The number of anilines is 3. The number of hydrogen-bond acceptors (Lipinski definition) is 9. The van der Waals surface area contributed by atoms with E-state index in [0.29, 0.717) is 42.0 Å². The molecule has 0 saturated carbocycles. The lowest BCUT2D eigenvalue weighted by atomic mass is 10.1. The molecule has 1 amide bonds. The Kier molecular flexibility index (Phi) is 8.82. The van der Waals surface area contributed by atoms with E-state index < -0.39 is 5.82 Å². The van der Waals surface area contributed by atoms with Crippen LogP contribution in [0.2, 0.25) is 5.02 Å². The van der Waals surface area contributed by atoms with Crippen molar-refractivity contribution in [2.24, 2.45) is 0 Å². The number of halogens is 2. The van der Waals surface area contributed by atoms with E-state index in [1.165, 1.54) is 18.2 Å². The molecule has 0 spiro atoms. The van der Waals surface area contributed by atoms with Crippen LogP contribution in [0.3, 0.4) is 0 Å². The molecule has 2 fully saturated rings. The van der Waals surface area contributed by atoms with E-state index in [0.717, 1.165) is 39.0 Å². The second-order valence-corrected chi connectivity index (χ2v) is 10.1. The standard InChI is InChI=1S/C27H31ClFN7O3/c1-35-8-2-9-36(11-10-35)16-26(37)32-25-14-19(5-7-30-25)31-24-15-23(21-13-18(28)3-4-22(21)29)33-34-27(24)39-20-6-12-38-17-20/h3-5,7,13-15,20H,2,6,8-12,16-17H2,1H3,(H2,30,31,32,33,37)/t20-/m0/s1. The minimum Gasteiger partial charge on any atom is -0.469 e. The number of nitrogens with zero attached hydrogens (tertiary/aromatic N) is 5. The van der Waals surface area contributed by atoms with Crippen LogP contribution < -0.4 is 15.4 Å². The maximum atomic E-state index is 14.6. The number of pyridine rings is 1. The average Bonchev–Trinajstić information content (AvgIpc) is 3.34. The minimum atomic E-state index is -0.470. The fourth-order valence-electron chi connectivity index (χ4n) is 4.52. The molecule has 2 saturated heterocycles. The van der Waals surface area contributed by atoms with Crippen LogP contribution in [0.25, 0.3) is 11.3 Å². The van der Waals surface area contributed by atoms with Gasteiger partial charge in [0.15, 0.2) is 0 Å². The van der Waals surface area contributed by atoms with Crippen molar-refractivity contribution in [1.29, 1.82) is 0 Å². The lowest BCUT2D eigenvalue weighted by Gasteiger charge is -2.19. The predicted octanol–water partition coefficient (Wildman–Crippen LogP) is 3.82. The van der Waals surface area contributed by atoms with Crippen molar-refractivity contribution in [3.63, 3.8) is 0 Å². The van der Waals surface area contributed by atoms with Gasteiger partial charge in [0.2, 0.25) is 5.91 Å². The number of hydrogen-bond donors (Lipinski definition) is 2. The van der Waals surface area contributed by atoms with E-state index in [4.69, 9.17) is 21.1 Å². The molecule has 2 N–H and O–H groups in total. The molecule has 2 aliphatic rings. The fourth-order valence-corrected chi connectivity index (χ4v) is 4.69. The van der Waals surface area contributed by atoms with Gasteiger partial charge in [-0.1, -0.05) is 11.6 Å². The van der Waals surface area contributed by atoms with Crippen LogP contribution in [-0.4, -0.2) is 90.0 Å². The van der Waals surface area contributed by atoms with Gasteiger partial charge in [0, 0.05) is 48.0 Å². The Balaban J connectivity index is 1.34. The Hall–Kier alpha value is -3.38. The van der Waals surface area contributed by atoms with Gasteiger partial charge in [-0.15, -0.1) is 10.2 Å². The van der Waals surface area contributed by atoms with Gasteiger partial charge in [-0.2, -0.15) is 0 Å². The van der Waals surface area contributed by atoms with Crippen molar-refractivity contribution in [2.45, 2.75) is 18.9 Å². The third-order valence-corrected chi connectivity index (χ3v) is 6.85. The summed E-state index contributed by atoms with van der Waals surface area (Å²) in [6.45, 7) is 5.05. The van der Waals surface area contributed by atoms with Gasteiger partial charge in [0.25, 0.3) is 5.88 Å². The van der Waals surface area contributed by atoms with E-state index in [-0.39, 0.29) is 29.1 Å². The molecule has 12 heteroatoms. The second-order valence-electron chi connectivity index (χ2n) is 9.71. The summed E-state index contributed by atoms with van der Waals surface area (Å²) >= 11 is 6.10. The Bertz CT molecular complexity index is 1310. The summed E-state index contributed by atoms with van der Waals surface area (Å²) in [5, 5.41) is 15.0. The van der Waals surface area contributed by atoms with Crippen LogP contribution in [-0.2, 0) is 9.53 Å². The van der Waals surface area contributed by atoms with Crippen LogP contribution >= 0.6 is 11.6 Å². The normalized spacial score (nSPS) is 18.5. The lowest BCUT2D eigenvalue weighted by molar-refractivity contribution is -0.117. The summed E-state index contributed by atoms with van der Waals surface area (Å²) in [5.41, 5.74) is 1.62. The zero-order valence-electron chi connectivity index (χ0n) is 21.7. The van der Waals surface area contributed by atoms with E-state index >= 15 is 0 Å². The summed E-state index contributed by atoms with van der Waals surface area (Å²) in [5.74, 6) is 0.0678. The van der Waals surface area contributed by atoms with Crippen LogP contribution in [0.4, 0.5) is 21.6 Å². The molecule has 0 bridgehead atoms. The first-order valence-electron chi connectivity index (χ1n) is 12.9. The average molecular weight is 556 g/mol. The number of amides is 1. The summed E-state index contributed by atoms with van der Waals surface area (Å²) in [7, 11) is 2.09. The number of nitrogens with one attached hydrogen (secondary N) is 2. The Morgan fingerprint density at radius 2 is 2.08 bits per heavy atom. The molecule has 1 aromatic carbocycles. The topological polar surface area (TPSA) is 105 Å². The third-order valence-electron chi connectivity index (χ3n) is 6.62. The summed E-state index contributed by atoms with van der Waals surface area (Å²) in [6, 6.07) is 9.39. The van der Waals surface area contributed by atoms with Crippen LogP contribution in [0, 0.1) is 5.82 Å². The van der Waals surface area contributed by atoms with Crippen molar-refractivity contribution in [2.75, 3.05) is 63.6 Å². The van der Waals surface area contributed by atoms with E-state index in [1.54, 1.807) is 24.4 Å². The Morgan fingerprint density at radius 1 is 1.18 bits per heavy atom. The first-order chi connectivity index (χ1) is 18.9. The third kappa shape index (κ3) is 7.39. The summed E-state index contributed by atoms with van der Waals surface area (Å²) < 4.78 is 26.0. The highest BCUT2D eigenvalue weighted by Gasteiger charge is 2.22. The Morgan fingerprint density at radius 3 is 2.92 bits per heavy atom. The molecular formula is C27H31ClFN7O3. The van der Waals surface area contributed by atoms with E-state index in [9.17, 15) is 9.18 Å². The van der Waals surface area contributed by atoms with Gasteiger partial charge >= 0.3 is 0 Å². The SMILES string of the molecule is CN1CCCN(CC(=O)Nc2cc(Nc3cc(-c4cc(Cl)ccc4F)nnc3O[C@H]3CCOC3)ccn2)CC1. The second kappa shape index (κ2) is 12.6. The van der Waals surface area contributed by atoms with E-state index in [1.807, 2.05) is 0 Å². The molecule has 3 aromatic rings. The molecule has 0 unspecified atom stereocenters. The maximum absolute atomic E-state index is 14.6. The first kappa shape index (κ1) is 27.2. The number of ether oxygens (including phenoxy) is 2.